The summed E-state index contributed by atoms with van der Waals surface area (Å²) in [5, 5.41) is 16.0. The number of aryl methyl sites for hydroxylation is 1. The number of hydrogen-bond donors (Lipinski definition) is 1. The van der Waals surface area contributed by atoms with Crippen molar-refractivity contribution in [2.75, 3.05) is 19.1 Å². The summed E-state index contributed by atoms with van der Waals surface area (Å²) in [5.74, 6) is -0.688. The first-order chi connectivity index (χ1) is 11.2. The third-order valence-corrected chi connectivity index (χ3v) is 4.71. The Bertz CT molecular complexity index is 751. The lowest BCUT2D eigenvalue weighted by Crippen LogP contribution is -2.32. The number of carbonyl (C=O) groups excluding carboxylic acids is 1. The van der Waals surface area contributed by atoms with E-state index in [1.165, 1.54) is 11.9 Å². The minimum absolute atomic E-state index is 0.219. The van der Waals surface area contributed by atoms with Gasteiger partial charge in [-0.1, -0.05) is 23.5 Å². The number of aliphatic hydroxyl groups excluding tert-OH is 1. The molecule has 1 aromatic carbocycles. The summed E-state index contributed by atoms with van der Waals surface area (Å²) in [7, 11) is 2.33. The molecule has 0 spiro atoms. The second-order valence-corrected chi connectivity index (χ2v) is 6.19. The standard InChI is InChI=1S/C15H17F2N3O3S/c1-8-6-5-7-10(9(8)2)20(3)13(22)11(21)12-18-19-14(24-12)15(16,17)23-4/h5-7,11,21H,1-4H3. The van der Waals surface area contributed by atoms with Gasteiger partial charge in [-0.2, -0.15) is 8.78 Å². The SMILES string of the molecule is COC(F)(F)c1nnc(C(O)C(=O)N(C)c2cccc(C)c2C)s1. The number of ether oxygens (including phenoxy) is 1. The molecule has 1 N–H and O–H groups in total. The molecule has 6 nitrogen and oxygen atoms in total. The number of hydrogen-bond acceptors (Lipinski definition) is 6. The number of halogens is 2. The maximum Gasteiger partial charge on any atom is 0.411 e. The van der Waals surface area contributed by atoms with Gasteiger partial charge in [0.15, 0.2) is 11.1 Å². The van der Waals surface area contributed by atoms with Crippen molar-refractivity contribution >= 4 is 22.9 Å². The highest BCUT2D eigenvalue weighted by molar-refractivity contribution is 7.11. The van der Waals surface area contributed by atoms with Crippen molar-refractivity contribution in [1.82, 2.24) is 10.2 Å². The van der Waals surface area contributed by atoms with Crippen molar-refractivity contribution in [2.24, 2.45) is 0 Å². The number of alkyl halides is 2. The van der Waals surface area contributed by atoms with Gasteiger partial charge in [0.05, 0.1) is 0 Å². The second kappa shape index (κ2) is 6.88. The van der Waals surface area contributed by atoms with E-state index in [2.05, 4.69) is 14.9 Å². The number of likely N-dealkylation sites (N-methyl/N-ethyl adjacent to an activating group) is 1. The smallest absolute Gasteiger partial charge is 0.376 e. The summed E-state index contributed by atoms with van der Waals surface area (Å²) in [6.07, 6.45) is -5.30. The van der Waals surface area contributed by atoms with Gasteiger partial charge in [0.1, 0.15) is 0 Å². The average molecular weight is 357 g/mol. The van der Waals surface area contributed by atoms with Gasteiger partial charge < -0.3 is 14.7 Å². The lowest BCUT2D eigenvalue weighted by Gasteiger charge is -2.22. The largest absolute Gasteiger partial charge is 0.411 e. The minimum Gasteiger partial charge on any atom is -0.376 e. The van der Waals surface area contributed by atoms with Gasteiger partial charge in [-0.3, -0.25) is 4.79 Å². The average Bonchev–Trinajstić information content (AvgIpc) is 3.06. The van der Waals surface area contributed by atoms with E-state index in [-0.39, 0.29) is 5.01 Å². The summed E-state index contributed by atoms with van der Waals surface area (Å²) in [6.45, 7) is 3.75. The minimum atomic E-state index is -3.61. The van der Waals surface area contributed by atoms with Gasteiger partial charge in [0, 0.05) is 19.8 Å². The Kier molecular flexibility index (Phi) is 5.26. The quantitative estimate of drug-likeness (QED) is 0.890. The van der Waals surface area contributed by atoms with Crippen molar-refractivity contribution < 1.29 is 23.4 Å². The predicted octanol–water partition coefficient (Wildman–Crippen LogP) is 2.55. The zero-order chi connectivity index (χ0) is 18.1. The Morgan fingerprint density at radius 2 is 2.04 bits per heavy atom. The normalized spacial score (nSPS) is 13.0. The Morgan fingerprint density at radius 1 is 1.38 bits per heavy atom. The van der Waals surface area contributed by atoms with Crippen LogP contribution in [0.2, 0.25) is 0 Å². The Balaban J connectivity index is 2.25. The molecule has 2 rings (SSSR count). The first kappa shape index (κ1) is 18.4. The Labute approximate surface area is 141 Å². The number of amides is 1. The number of rotatable bonds is 5. The molecule has 0 aliphatic rings. The van der Waals surface area contributed by atoms with Crippen molar-refractivity contribution in [3.05, 3.63) is 39.3 Å². The molecule has 0 aliphatic carbocycles. The van der Waals surface area contributed by atoms with Gasteiger partial charge in [-0.15, -0.1) is 10.2 Å². The van der Waals surface area contributed by atoms with E-state index < -0.39 is 23.1 Å². The first-order valence-electron chi connectivity index (χ1n) is 6.97. The van der Waals surface area contributed by atoms with Crippen LogP contribution in [-0.4, -0.2) is 35.4 Å². The van der Waals surface area contributed by atoms with Crippen LogP contribution in [-0.2, 0) is 15.6 Å². The summed E-state index contributed by atoms with van der Waals surface area (Å²) < 4.78 is 30.8. The Hall–Kier alpha value is -1.97. The molecule has 2 aromatic rings. The van der Waals surface area contributed by atoms with Gasteiger partial charge in [0.25, 0.3) is 5.91 Å². The van der Waals surface area contributed by atoms with Crippen molar-refractivity contribution in [3.63, 3.8) is 0 Å². The maximum atomic E-state index is 13.4. The number of benzene rings is 1. The summed E-state index contributed by atoms with van der Waals surface area (Å²) in [5.41, 5.74) is 2.48. The molecular formula is C15H17F2N3O3S. The number of carbonyl (C=O) groups is 1. The molecule has 1 amide bonds. The summed E-state index contributed by atoms with van der Waals surface area (Å²) >= 11 is 0.426. The van der Waals surface area contributed by atoms with Crippen molar-refractivity contribution in [1.29, 1.82) is 0 Å². The Morgan fingerprint density at radius 3 is 2.67 bits per heavy atom. The second-order valence-electron chi connectivity index (χ2n) is 5.19. The molecule has 0 saturated heterocycles. The number of anilines is 1. The van der Waals surface area contributed by atoms with E-state index in [4.69, 9.17) is 0 Å². The molecule has 9 heteroatoms. The lowest BCUT2D eigenvalue weighted by atomic mass is 10.1. The number of methoxy groups -OCH3 is 1. The molecule has 0 aliphatic heterocycles. The van der Waals surface area contributed by atoms with Crippen LogP contribution >= 0.6 is 11.3 Å². The molecular weight excluding hydrogens is 340 g/mol. The van der Waals surface area contributed by atoms with Crippen LogP contribution in [0.5, 0.6) is 0 Å². The molecule has 1 unspecified atom stereocenters. The zero-order valence-electron chi connectivity index (χ0n) is 13.6. The lowest BCUT2D eigenvalue weighted by molar-refractivity contribution is -0.231. The molecule has 0 radical (unpaired) electrons. The monoisotopic (exact) mass is 357 g/mol. The van der Waals surface area contributed by atoms with E-state index in [1.54, 1.807) is 12.1 Å². The molecule has 24 heavy (non-hydrogen) atoms. The molecule has 130 valence electrons. The summed E-state index contributed by atoms with van der Waals surface area (Å²) in [4.78, 5) is 13.7. The molecule has 0 saturated carbocycles. The fourth-order valence-corrected chi connectivity index (χ4v) is 2.83. The van der Waals surface area contributed by atoms with E-state index in [0.717, 1.165) is 18.2 Å². The highest BCUT2D eigenvalue weighted by atomic mass is 32.1. The van der Waals surface area contributed by atoms with Crippen LogP contribution in [0.4, 0.5) is 14.5 Å². The fraction of sp³-hybridized carbons (Fsp3) is 0.400. The van der Waals surface area contributed by atoms with Crippen LogP contribution in [0.3, 0.4) is 0 Å². The highest BCUT2D eigenvalue weighted by Crippen LogP contribution is 2.33. The van der Waals surface area contributed by atoms with E-state index in [0.29, 0.717) is 17.0 Å². The third kappa shape index (κ3) is 3.42. The highest BCUT2D eigenvalue weighted by Gasteiger charge is 2.38. The van der Waals surface area contributed by atoms with Crippen LogP contribution in [0.25, 0.3) is 0 Å². The van der Waals surface area contributed by atoms with Crippen LogP contribution in [0, 0.1) is 13.8 Å². The molecule has 1 atom stereocenters. The number of aliphatic hydroxyl groups is 1. The maximum absolute atomic E-state index is 13.4. The zero-order valence-corrected chi connectivity index (χ0v) is 14.4. The van der Waals surface area contributed by atoms with Crippen molar-refractivity contribution in [3.8, 4) is 0 Å². The van der Waals surface area contributed by atoms with Crippen LogP contribution in [0.15, 0.2) is 18.2 Å². The number of nitrogens with zero attached hydrogens (tertiary/aromatic N) is 3. The fourth-order valence-electron chi connectivity index (χ4n) is 2.06. The summed E-state index contributed by atoms with van der Waals surface area (Å²) in [6, 6.07) is 5.42. The first-order valence-corrected chi connectivity index (χ1v) is 7.79. The van der Waals surface area contributed by atoms with Gasteiger partial charge in [-0.05, 0) is 31.0 Å². The van der Waals surface area contributed by atoms with E-state index in [1.807, 2.05) is 19.9 Å². The van der Waals surface area contributed by atoms with Crippen LogP contribution < -0.4 is 4.90 Å². The van der Waals surface area contributed by atoms with Crippen molar-refractivity contribution in [2.45, 2.75) is 26.1 Å². The molecule has 0 fully saturated rings. The van der Waals surface area contributed by atoms with Gasteiger partial charge in [0.2, 0.25) is 5.01 Å². The van der Waals surface area contributed by atoms with Crippen LogP contribution in [0.1, 0.15) is 27.2 Å². The topological polar surface area (TPSA) is 75.5 Å². The van der Waals surface area contributed by atoms with Gasteiger partial charge in [-0.25, -0.2) is 0 Å². The molecule has 1 aromatic heterocycles. The third-order valence-electron chi connectivity index (χ3n) is 3.68. The van der Waals surface area contributed by atoms with E-state index >= 15 is 0 Å². The van der Waals surface area contributed by atoms with Gasteiger partial charge >= 0.3 is 6.11 Å². The molecule has 0 bridgehead atoms. The molecule has 1 heterocycles. The predicted molar refractivity (Wildman–Crippen MR) is 85.1 cm³/mol. The van der Waals surface area contributed by atoms with E-state index in [9.17, 15) is 18.7 Å². The number of aromatic nitrogens is 2.